The van der Waals surface area contributed by atoms with E-state index in [0.29, 0.717) is 5.92 Å². The number of halogens is 2. The van der Waals surface area contributed by atoms with E-state index in [4.69, 9.17) is 11.6 Å². The molecule has 3 nitrogen and oxygen atoms in total. The third-order valence-corrected chi connectivity index (χ3v) is 3.56. The topological polar surface area (TPSA) is 41.1 Å². The summed E-state index contributed by atoms with van der Waals surface area (Å²) in [6.45, 7) is 4.41. The zero-order chi connectivity index (χ0) is 16.1. The van der Waals surface area contributed by atoms with Crippen LogP contribution in [0.4, 0.5) is 14.9 Å². The maximum absolute atomic E-state index is 13.1. The van der Waals surface area contributed by atoms with Crippen molar-refractivity contribution in [1.29, 1.82) is 0 Å². The lowest BCUT2D eigenvalue weighted by Gasteiger charge is -2.14. The van der Waals surface area contributed by atoms with Gasteiger partial charge in [0.15, 0.2) is 0 Å². The summed E-state index contributed by atoms with van der Waals surface area (Å²) in [5.74, 6) is -0.159. The first kappa shape index (κ1) is 16.3. The van der Waals surface area contributed by atoms with Gasteiger partial charge in [-0.15, -0.1) is 0 Å². The van der Waals surface area contributed by atoms with Gasteiger partial charge in [-0.05, 0) is 35.2 Å². The first-order chi connectivity index (χ1) is 10.5. The summed E-state index contributed by atoms with van der Waals surface area (Å²) in [5, 5.41) is 5.61. The number of nitrogens with one attached hydrogen (secondary N) is 2. The zero-order valence-corrected chi connectivity index (χ0v) is 13.2. The van der Waals surface area contributed by atoms with Crippen LogP contribution in [0.3, 0.4) is 0 Å². The summed E-state index contributed by atoms with van der Waals surface area (Å²) in [6, 6.07) is 11.7. The Kier molecular flexibility index (Phi) is 5.39. The van der Waals surface area contributed by atoms with E-state index in [2.05, 4.69) is 24.5 Å². The molecule has 2 rings (SSSR count). The van der Waals surface area contributed by atoms with E-state index >= 15 is 0 Å². The highest BCUT2D eigenvalue weighted by Crippen LogP contribution is 2.23. The minimum atomic E-state index is -0.472. The Morgan fingerprint density at radius 3 is 2.64 bits per heavy atom. The van der Waals surface area contributed by atoms with Crippen LogP contribution in [0.25, 0.3) is 0 Å². The minimum Gasteiger partial charge on any atom is -0.334 e. The number of urea groups is 1. The average Bonchev–Trinajstić information content (AvgIpc) is 2.49. The molecule has 0 radical (unpaired) electrons. The molecular formula is C17H18ClFN2O. The van der Waals surface area contributed by atoms with Gasteiger partial charge in [0, 0.05) is 12.2 Å². The molecule has 0 heterocycles. The fraction of sp³-hybridized carbons (Fsp3) is 0.235. The molecule has 0 spiro atoms. The van der Waals surface area contributed by atoms with Crippen molar-refractivity contribution in [3.8, 4) is 0 Å². The number of carbonyl (C=O) groups is 1. The maximum atomic E-state index is 13.1. The number of hydrogen-bond donors (Lipinski definition) is 2. The zero-order valence-electron chi connectivity index (χ0n) is 12.5. The van der Waals surface area contributed by atoms with Crippen molar-refractivity contribution in [1.82, 2.24) is 5.32 Å². The van der Waals surface area contributed by atoms with Crippen LogP contribution in [0.15, 0.2) is 42.5 Å². The highest BCUT2D eigenvalue weighted by molar-refractivity contribution is 6.30. The molecule has 2 amide bonds. The largest absolute Gasteiger partial charge is 0.334 e. The van der Waals surface area contributed by atoms with E-state index in [0.717, 1.165) is 16.8 Å². The van der Waals surface area contributed by atoms with E-state index < -0.39 is 5.82 Å². The smallest absolute Gasteiger partial charge is 0.319 e. The molecule has 0 saturated carbocycles. The van der Waals surface area contributed by atoms with E-state index in [1.807, 2.05) is 24.3 Å². The third kappa shape index (κ3) is 4.21. The molecule has 0 aliphatic carbocycles. The van der Waals surface area contributed by atoms with Crippen molar-refractivity contribution in [2.24, 2.45) is 0 Å². The summed E-state index contributed by atoms with van der Waals surface area (Å²) in [6.07, 6.45) is 0. The van der Waals surface area contributed by atoms with Gasteiger partial charge in [-0.2, -0.15) is 0 Å². The van der Waals surface area contributed by atoms with Crippen LogP contribution >= 0.6 is 11.6 Å². The highest BCUT2D eigenvalue weighted by atomic mass is 35.5. The van der Waals surface area contributed by atoms with E-state index in [1.165, 1.54) is 12.1 Å². The summed E-state index contributed by atoms with van der Waals surface area (Å²) in [4.78, 5) is 12.0. The Labute approximate surface area is 134 Å². The second-order valence-electron chi connectivity index (χ2n) is 5.30. The predicted octanol–water partition coefficient (Wildman–Crippen LogP) is 4.92. The van der Waals surface area contributed by atoms with Crippen LogP contribution in [-0.2, 0) is 6.54 Å². The number of anilines is 1. The molecule has 2 aromatic rings. The molecular weight excluding hydrogens is 303 g/mol. The first-order valence-corrected chi connectivity index (χ1v) is 7.43. The van der Waals surface area contributed by atoms with Gasteiger partial charge < -0.3 is 10.6 Å². The monoisotopic (exact) mass is 320 g/mol. The van der Waals surface area contributed by atoms with Gasteiger partial charge in [-0.3, -0.25) is 0 Å². The first-order valence-electron chi connectivity index (χ1n) is 7.05. The van der Waals surface area contributed by atoms with Gasteiger partial charge >= 0.3 is 6.03 Å². The van der Waals surface area contributed by atoms with Crippen molar-refractivity contribution in [3.05, 3.63) is 64.4 Å². The molecule has 0 aliphatic rings. The van der Waals surface area contributed by atoms with Crippen LogP contribution in [0.2, 0.25) is 5.02 Å². The van der Waals surface area contributed by atoms with Crippen molar-refractivity contribution >= 4 is 23.3 Å². The lowest BCUT2D eigenvalue weighted by atomic mass is 10.0. The number of hydrogen-bond acceptors (Lipinski definition) is 1. The van der Waals surface area contributed by atoms with Crippen LogP contribution < -0.4 is 10.6 Å². The molecule has 5 heteroatoms. The molecule has 0 aromatic heterocycles. The number of carbonyl (C=O) groups excluding carboxylic acids is 1. The number of para-hydroxylation sites is 1. The normalized spacial score (nSPS) is 10.6. The van der Waals surface area contributed by atoms with Crippen LogP contribution in [0, 0.1) is 5.82 Å². The Morgan fingerprint density at radius 1 is 1.23 bits per heavy atom. The van der Waals surface area contributed by atoms with E-state index in [-0.39, 0.29) is 17.6 Å². The van der Waals surface area contributed by atoms with Gasteiger partial charge in [-0.25, -0.2) is 9.18 Å². The van der Waals surface area contributed by atoms with Crippen LogP contribution in [0.1, 0.15) is 30.9 Å². The fourth-order valence-electron chi connectivity index (χ4n) is 2.11. The summed E-state index contributed by atoms with van der Waals surface area (Å²) in [7, 11) is 0. The van der Waals surface area contributed by atoms with E-state index in [1.54, 1.807) is 6.07 Å². The molecule has 0 saturated heterocycles. The standard InChI is InChI=1S/C17H18ClFN2O/c1-11(2)13-5-3-4-6-16(13)21-17(22)20-10-12-7-8-15(19)14(18)9-12/h3-9,11H,10H2,1-2H3,(H2,20,21,22). The Morgan fingerprint density at radius 2 is 1.95 bits per heavy atom. The van der Waals surface area contributed by atoms with Gasteiger partial charge in [0.2, 0.25) is 0 Å². The Hall–Kier alpha value is -2.07. The molecule has 0 aliphatic heterocycles. The minimum absolute atomic E-state index is 0.0462. The van der Waals surface area contributed by atoms with Crippen molar-refractivity contribution < 1.29 is 9.18 Å². The lowest BCUT2D eigenvalue weighted by Crippen LogP contribution is -2.28. The molecule has 2 N–H and O–H groups in total. The van der Waals surface area contributed by atoms with Crippen molar-refractivity contribution in [2.45, 2.75) is 26.3 Å². The summed E-state index contributed by atoms with van der Waals surface area (Å²) >= 11 is 5.71. The molecule has 0 atom stereocenters. The highest BCUT2D eigenvalue weighted by Gasteiger charge is 2.09. The predicted molar refractivity (Wildman–Crippen MR) is 87.8 cm³/mol. The number of amides is 2. The molecule has 0 fully saturated rings. The Balaban J connectivity index is 1.97. The number of rotatable bonds is 4. The van der Waals surface area contributed by atoms with Crippen LogP contribution in [0.5, 0.6) is 0 Å². The fourth-order valence-corrected chi connectivity index (χ4v) is 2.32. The molecule has 2 aromatic carbocycles. The van der Waals surface area contributed by atoms with Gasteiger partial charge in [0.1, 0.15) is 5.82 Å². The molecule has 116 valence electrons. The number of benzene rings is 2. The average molecular weight is 321 g/mol. The van der Waals surface area contributed by atoms with Gasteiger partial charge in [-0.1, -0.05) is 49.7 Å². The van der Waals surface area contributed by atoms with E-state index in [9.17, 15) is 9.18 Å². The molecule has 0 bridgehead atoms. The van der Waals surface area contributed by atoms with Crippen molar-refractivity contribution in [3.63, 3.8) is 0 Å². The lowest BCUT2D eigenvalue weighted by molar-refractivity contribution is 0.251. The SMILES string of the molecule is CC(C)c1ccccc1NC(=O)NCc1ccc(F)c(Cl)c1. The van der Waals surface area contributed by atoms with Crippen LogP contribution in [-0.4, -0.2) is 6.03 Å². The Bertz CT molecular complexity index is 673. The second kappa shape index (κ2) is 7.27. The summed E-state index contributed by atoms with van der Waals surface area (Å²) < 4.78 is 13.1. The third-order valence-electron chi connectivity index (χ3n) is 3.27. The quantitative estimate of drug-likeness (QED) is 0.824. The maximum Gasteiger partial charge on any atom is 0.319 e. The van der Waals surface area contributed by atoms with Crippen molar-refractivity contribution in [2.75, 3.05) is 5.32 Å². The molecule has 22 heavy (non-hydrogen) atoms. The second-order valence-corrected chi connectivity index (χ2v) is 5.71. The molecule has 0 unspecified atom stereocenters. The van der Waals surface area contributed by atoms with Gasteiger partial charge in [0.05, 0.1) is 5.02 Å². The van der Waals surface area contributed by atoms with Gasteiger partial charge in [0.25, 0.3) is 0 Å². The summed E-state index contributed by atoms with van der Waals surface area (Å²) in [5.41, 5.74) is 2.59.